The van der Waals surface area contributed by atoms with Crippen LogP contribution >= 0.6 is 0 Å². The number of pyridine rings is 1. The number of hydrogen-bond donors (Lipinski definition) is 0. The van der Waals surface area contributed by atoms with Gasteiger partial charge in [0.05, 0.1) is 5.56 Å². The second-order valence-corrected chi connectivity index (χ2v) is 10.0. The number of nitrogens with zero attached hydrogens (tertiary/aromatic N) is 1. The highest BCUT2D eigenvalue weighted by Gasteiger charge is 2.22. The van der Waals surface area contributed by atoms with E-state index in [9.17, 15) is 0 Å². The van der Waals surface area contributed by atoms with Crippen molar-refractivity contribution >= 4 is 21.9 Å². The van der Waals surface area contributed by atoms with Gasteiger partial charge in [0.2, 0.25) is 5.69 Å². The second kappa shape index (κ2) is 8.43. The molecule has 1 aliphatic carbocycles. The van der Waals surface area contributed by atoms with Crippen molar-refractivity contribution in [2.45, 2.75) is 51.9 Å². The molecule has 1 fully saturated rings. The van der Waals surface area contributed by atoms with E-state index in [1.54, 1.807) is 0 Å². The topological polar surface area (TPSA) is 17.0 Å². The van der Waals surface area contributed by atoms with Crippen LogP contribution in [0.5, 0.6) is 0 Å². The van der Waals surface area contributed by atoms with Gasteiger partial charge in [0.15, 0.2) is 6.20 Å². The lowest BCUT2D eigenvalue weighted by molar-refractivity contribution is -0.660. The molecule has 2 heterocycles. The summed E-state index contributed by atoms with van der Waals surface area (Å²) in [5, 5.41) is 2.37. The van der Waals surface area contributed by atoms with Crippen molar-refractivity contribution in [1.29, 1.82) is 0 Å². The Hall–Kier alpha value is -3.39. The van der Waals surface area contributed by atoms with Gasteiger partial charge >= 0.3 is 0 Å². The summed E-state index contributed by atoms with van der Waals surface area (Å²) in [5.74, 6) is 0.739. The van der Waals surface area contributed by atoms with Crippen molar-refractivity contribution in [2.75, 3.05) is 0 Å². The molecule has 0 spiro atoms. The molecule has 0 N–H and O–H groups in total. The van der Waals surface area contributed by atoms with Gasteiger partial charge in [-0.25, -0.2) is 4.57 Å². The van der Waals surface area contributed by atoms with Crippen LogP contribution in [0.4, 0.5) is 0 Å². The minimum absolute atomic E-state index is 0.739. The SMILES string of the molecule is Cc1ccc2c(oc3c(C)c(-c4ccc(C5CCCCC5)cc4)ccc32)c1-c1cccc[n+]1C. The maximum atomic E-state index is 6.67. The summed E-state index contributed by atoms with van der Waals surface area (Å²) < 4.78 is 8.84. The lowest BCUT2D eigenvalue weighted by Gasteiger charge is -2.22. The van der Waals surface area contributed by atoms with Gasteiger partial charge in [0, 0.05) is 28.5 Å². The number of benzene rings is 3. The molecule has 5 aromatic rings. The summed E-state index contributed by atoms with van der Waals surface area (Å²) in [6.45, 7) is 4.37. The van der Waals surface area contributed by atoms with E-state index in [1.165, 1.54) is 82.0 Å². The van der Waals surface area contributed by atoms with Gasteiger partial charge in [-0.3, -0.25) is 0 Å². The molecule has 1 saturated carbocycles. The predicted molar refractivity (Wildman–Crippen MR) is 141 cm³/mol. The fourth-order valence-corrected chi connectivity index (χ4v) is 5.92. The molecule has 2 heteroatoms. The molecule has 2 nitrogen and oxygen atoms in total. The maximum Gasteiger partial charge on any atom is 0.216 e. The average molecular weight is 447 g/mol. The van der Waals surface area contributed by atoms with Crippen LogP contribution in [-0.4, -0.2) is 0 Å². The number of fused-ring (bicyclic) bond motifs is 3. The van der Waals surface area contributed by atoms with E-state index >= 15 is 0 Å². The summed E-state index contributed by atoms with van der Waals surface area (Å²) in [6, 6.07) is 24.6. The Bertz CT molecular complexity index is 1500. The highest BCUT2D eigenvalue weighted by Crippen LogP contribution is 2.41. The first-order valence-electron chi connectivity index (χ1n) is 12.6. The van der Waals surface area contributed by atoms with E-state index in [0.29, 0.717) is 0 Å². The van der Waals surface area contributed by atoms with E-state index < -0.39 is 0 Å². The Kier molecular flexibility index (Phi) is 5.25. The fourth-order valence-electron chi connectivity index (χ4n) is 5.92. The van der Waals surface area contributed by atoms with Crippen molar-refractivity contribution in [3.63, 3.8) is 0 Å². The number of rotatable bonds is 3. The summed E-state index contributed by atoms with van der Waals surface area (Å²) >= 11 is 0. The minimum Gasteiger partial charge on any atom is -0.455 e. The van der Waals surface area contributed by atoms with Crippen molar-refractivity contribution in [3.05, 3.63) is 89.6 Å². The maximum absolute atomic E-state index is 6.67. The smallest absolute Gasteiger partial charge is 0.216 e. The molecule has 34 heavy (non-hydrogen) atoms. The molecule has 1 aliphatic rings. The third kappa shape index (κ3) is 3.44. The first-order chi connectivity index (χ1) is 16.6. The van der Waals surface area contributed by atoms with Crippen molar-refractivity contribution in [3.8, 4) is 22.4 Å². The molecule has 0 saturated heterocycles. The van der Waals surface area contributed by atoms with Gasteiger partial charge < -0.3 is 4.42 Å². The zero-order valence-corrected chi connectivity index (χ0v) is 20.4. The van der Waals surface area contributed by atoms with Gasteiger partial charge in [-0.1, -0.05) is 61.7 Å². The highest BCUT2D eigenvalue weighted by atomic mass is 16.3. The van der Waals surface area contributed by atoms with E-state index in [-0.39, 0.29) is 0 Å². The van der Waals surface area contributed by atoms with Crippen molar-refractivity contribution in [1.82, 2.24) is 0 Å². The van der Waals surface area contributed by atoms with Crippen LogP contribution in [0.15, 0.2) is 77.3 Å². The Labute approximate surface area is 201 Å². The molecule has 6 rings (SSSR count). The Morgan fingerprint density at radius 2 is 1.50 bits per heavy atom. The van der Waals surface area contributed by atoms with Crippen LogP contribution in [0.1, 0.15) is 54.7 Å². The van der Waals surface area contributed by atoms with Crippen LogP contribution < -0.4 is 4.57 Å². The van der Waals surface area contributed by atoms with E-state index in [0.717, 1.165) is 17.1 Å². The van der Waals surface area contributed by atoms with Gasteiger partial charge in [-0.2, -0.15) is 0 Å². The Morgan fingerprint density at radius 3 is 2.26 bits per heavy atom. The summed E-state index contributed by atoms with van der Waals surface area (Å²) in [4.78, 5) is 0. The van der Waals surface area contributed by atoms with Gasteiger partial charge in [-0.05, 0) is 67.0 Å². The minimum atomic E-state index is 0.739. The zero-order chi connectivity index (χ0) is 23.2. The molecule has 0 aliphatic heterocycles. The van der Waals surface area contributed by atoms with Crippen molar-refractivity contribution < 1.29 is 8.98 Å². The largest absolute Gasteiger partial charge is 0.455 e. The van der Waals surface area contributed by atoms with E-state index in [1.807, 2.05) is 0 Å². The van der Waals surface area contributed by atoms with Crippen LogP contribution in [-0.2, 0) is 7.05 Å². The van der Waals surface area contributed by atoms with Gasteiger partial charge in [-0.15, -0.1) is 0 Å². The standard InChI is InChI=1S/C32H32NO/c1-21-12-17-28-27-19-18-26(25-15-13-24(14-16-25)23-9-5-4-6-10-23)22(2)31(27)34-32(28)30(21)29-11-7-8-20-33(29)3/h7-8,11-20,23H,4-6,9-10H2,1-3H3/q+1. The van der Waals surface area contributed by atoms with Crippen LogP contribution in [0.25, 0.3) is 44.3 Å². The molecule has 0 bridgehead atoms. The Morgan fingerprint density at radius 1 is 0.765 bits per heavy atom. The second-order valence-electron chi connectivity index (χ2n) is 10.0. The highest BCUT2D eigenvalue weighted by molar-refractivity contribution is 6.11. The number of furan rings is 1. The van der Waals surface area contributed by atoms with Crippen LogP contribution in [0, 0.1) is 13.8 Å². The van der Waals surface area contributed by atoms with E-state index in [2.05, 4.69) is 98.4 Å². The number of hydrogen-bond acceptors (Lipinski definition) is 1. The molecule has 0 atom stereocenters. The number of aromatic nitrogens is 1. The van der Waals surface area contributed by atoms with Crippen molar-refractivity contribution in [2.24, 2.45) is 7.05 Å². The fraction of sp³-hybridized carbons (Fsp3) is 0.281. The molecule has 0 amide bonds. The molecular weight excluding hydrogens is 414 g/mol. The predicted octanol–water partition coefficient (Wildman–Crippen LogP) is 8.41. The first kappa shape index (κ1) is 21.2. The summed E-state index contributed by atoms with van der Waals surface area (Å²) in [6.07, 6.45) is 8.91. The monoisotopic (exact) mass is 446 g/mol. The van der Waals surface area contributed by atoms with Crippen LogP contribution in [0.3, 0.4) is 0 Å². The van der Waals surface area contributed by atoms with E-state index in [4.69, 9.17) is 4.42 Å². The molecular formula is C32H32NO+. The normalized spacial score (nSPS) is 14.8. The average Bonchev–Trinajstić information content (AvgIpc) is 3.25. The lowest BCUT2D eigenvalue weighted by atomic mass is 9.83. The lowest BCUT2D eigenvalue weighted by Crippen LogP contribution is -2.30. The third-order valence-corrected chi connectivity index (χ3v) is 7.88. The summed E-state index contributed by atoms with van der Waals surface area (Å²) in [5.41, 5.74) is 10.8. The van der Waals surface area contributed by atoms with Crippen LogP contribution in [0.2, 0.25) is 0 Å². The molecule has 0 unspecified atom stereocenters. The summed E-state index contributed by atoms with van der Waals surface area (Å²) in [7, 11) is 2.09. The third-order valence-electron chi connectivity index (χ3n) is 7.88. The molecule has 3 aromatic carbocycles. The first-order valence-corrected chi connectivity index (χ1v) is 12.6. The number of aryl methyl sites for hydroxylation is 3. The zero-order valence-electron chi connectivity index (χ0n) is 20.4. The van der Waals surface area contributed by atoms with Gasteiger partial charge in [0.1, 0.15) is 18.2 Å². The molecule has 2 aromatic heterocycles. The molecule has 0 radical (unpaired) electrons. The van der Waals surface area contributed by atoms with Gasteiger partial charge in [0.25, 0.3) is 0 Å². The Balaban J connectivity index is 1.47. The quantitative estimate of drug-likeness (QED) is 0.254. The molecule has 170 valence electrons.